The van der Waals surface area contributed by atoms with E-state index in [0.717, 1.165) is 0 Å². The van der Waals surface area contributed by atoms with Crippen LogP contribution in [0.1, 0.15) is 5.56 Å². The Labute approximate surface area is 175 Å². The van der Waals surface area contributed by atoms with Gasteiger partial charge in [0.05, 0.1) is 0 Å². The van der Waals surface area contributed by atoms with Gasteiger partial charge in [-0.2, -0.15) is 30.7 Å². The number of alkyl halides is 7. The van der Waals surface area contributed by atoms with E-state index in [1.54, 1.807) is 24.3 Å². The van der Waals surface area contributed by atoms with Crippen LogP contribution in [0.2, 0.25) is 0 Å². The zero-order valence-electron chi connectivity index (χ0n) is 15.6. The van der Waals surface area contributed by atoms with E-state index in [2.05, 4.69) is 0 Å². The number of hydrogen-bond donors (Lipinski definition) is 0. The maximum Gasteiger partial charge on any atom is 0.460 e. The van der Waals surface area contributed by atoms with Gasteiger partial charge in [0, 0.05) is 22.0 Å². The van der Waals surface area contributed by atoms with E-state index < -0.39 is 30.3 Å². The summed E-state index contributed by atoms with van der Waals surface area (Å²) in [7, 11) is 0. The lowest BCUT2D eigenvalue weighted by Crippen LogP contribution is -2.60. The number of benzene rings is 3. The smallest absolute Gasteiger partial charge is 0.458 e. The Balaban J connectivity index is 1.61. The molecule has 0 N–H and O–H groups in total. The van der Waals surface area contributed by atoms with Crippen molar-refractivity contribution in [2.45, 2.75) is 18.0 Å². The molecule has 3 nitrogen and oxygen atoms in total. The van der Waals surface area contributed by atoms with Crippen molar-refractivity contribution in [3.63, 3.8) is 0 Å². The van der Waals surface area contributed by atoms with Crippen molar-refractivity contribution >= 4 is 23.1 Å². The zero-order valence-corrected chi connectivity index (χ0v) is 15.6. The van der Waals surface area contributed by atoms with Gasteiger partial charge in [-0.3, -0.25) is 0 Å². The van der Waals surface area contributed by atoms with Gasteiger partial charge in [-0.05, 0) is 36.4 Å². The van der Waals surface area contributed by atoms with E-state index in [1.165, 1.54) is 12.1 Å². The van der Waals surface area contributed by atoms with Crippen molar-refractivity contribution in [3.05, 3.63) is 54.1 Å². The molecule has 3 heterocycles. The highest BCUT2D eigenvalue weighted by Gasteiger charge is 2.73. The molecule has 32 heavy (non-hydrogen) atoms. The second-order valence-electron chi connectivity index (χ2n) is 7.61. The largest absolute Gasteiger partial charge is 0.460 e. The molecule has 0 aromatic heterocycles. The normalized spacial score (nSPS) is 15.4. The summed E-state index contributed by atoms with van der Waals surface area (Å²) in [4.78, 5) is 0. The predicted octanol–water partition coefficient (Wildman–Crippen LogP) is 4.81. The fourth-order valence-corrected chi connectivity index (χ4v) is 4.36. The van der Waals surface area contributed by atoms with Crippen LogP contribution in [0.4, 0.5) is 30.7 Å². The van der Waals surface area contributed by atoms with E-state index in [0.29, 0.717) is 34.6 Å². The molecule has 0 spiro atoms. The SMILES string of the molecule is FC(F)(F)C(F)(F)C(F)(F)c1cc2c3c(c1)Oc1cccc4c1B3c1c(cccc1O2)O4. The highest BCUT2D eigenvalue weighted by molar-refractivity contribution is 6.99. The first-order valence-electron chi connectivity index (χ1n) is 9.31. The number of ether oxygens (including phenoxy) is 3. The minimum Gasteiger partial charge on any atom is -0.458 e. The third kappa shape index (κ3) is 2.23. The Morgan fingerprint density at radius 3 is 1.34 bits per heavy atom. The van der Waals surface area contributed by atoms with Crippen LogP contribution in [0.25, 0.3) is 0 Å². The minimum atomic E-state index is -6.46. The predicted molar refractivity (Wildman–Crippen MR) is 99.1 cm³/mol. The third-order valence-electron chi connectivity index (χ3n) is 5.80. The van der Waals surface area contributed by atoms with Gasteiger partial charge in [0.15, 0.2) is 0 Å². The molecule has 0 amide bonds. The maximum absolute atomic E-state index is 14.5. The summed E-state index contributed by atoms with van der Waals surface area (Å²) in [5, 5.41) is 0. The Kier molecular flexibility index (Phi) is 3.44. The Morgan fingerprint density at radius 1 is 0.562 bits per heavy atom. The summed E-state index contributed by atoms with van der Waals surface area (Å²) < 4.78 is 112. The molecule has 3 aliphatic heterocycles. The van der Waals surface area contributed by atoms with Crippen molar-refractivity contribution < 1.29 is 44.9 Å². The second kappa shape index (κ2) is 5.70. The molecular formula is C21H8BF7O3. The fourth-order valence-electron chi connectivity index (χ4n) is 4.36. The van der Waals surface area contributed by atoms with Crippen LogP contribution in [-0.4, -0.2) is 18.8 Å². The number of hydrogen-bond acceptors (Lipinski definition) is 3. The third-order valence-corrected chi connectivity index (χ3v) is 5.80. The Morgan fingerprint density at radius 2 is 0.938 bits per heavy atom. The molecule has 0 bridgehead atoms. The van der Waals surface area contributed by atoms with Gasteiger partial charge in [-0.1, -0.05) is 12.1 Å². The van der Waals surface area contributed by atoms with Crippen LogP contribution in [0.3, 0.4) is 0 Å². The lowest BCUT2D eigenvalue weighted by atomic mass is 9.34. The average molecular weight is 452 g/mol. The van der Waals surface area contributed by atoms with Crippen molar-refractivity contribution in [3.8, 4) is 34.5 Å². The van der Waals surface area contributed by atoms with Gasteiger partial charge >= 0.3 is 18.0 Å². The molecule has 0 saturated carbocycles. The number of rotatable bonds is 2. The maximum atomic E-state index is 14.5. The molecule has 0 aliphatic carbocycles. The summed E-state index contributed by atoms with van der Waals surface area (Å²) in [5.41, 5.74) is -0.141. The summed E-state index contributed by atoms with van der Waals surface area (Å²) in [6, 6.07) is 10.6. The topological polar surface area (TPSA) is 27.7 Å². The molecule has 0 radical (unpaired) electrons. The van der Waals surface area contributed by atoms with Crippen molar-refractivity contribution in [2.75, 3.05) is 0 Å². The molecule has 6 rings (SSSR count). The first-order chi connectivity index (χ1) is 15.0. The molecule has 3 aromatic rings. The summed E-state index contributed by atoms with van der Waals surface area (Å²) in [5.74, 6) is -11.1. The fraction of sp³-hybridized carbons (Fsp3) is 0.143. The Hall–Kier alpha value is -3.37. The minimum absolute atomic E-state index is 0.219. The highest BCUT2D eigenvalue weighted by atomic mass is 19.4. The molecule has 11 heteroatoms. The standard InChI is InChI=1S/C21H8BF7O3/c23-19(24,20(25,26)21(27,28)29)9-7-14-18-15(8-9)32-13-6-2-4-11-17(13)22(18)16-10(30-11)3-1-5-12(16)31-14/h1-8H. The van der Waals surface area contributed by atoms with Crippen LogP contribution in [0.5, 0.6) is 34.5 Å². The monoisotopic (exact) mass is 452 g/mol. The summed E-state index contributed by atoms with van der Waals surface area (Å²) in [6.45, 7) is -0.584. The van der Waals surface area contributed by atoms with Gasteiger partial charge in [0.1, 0.15) is 34.5 Å². The van der Waals surface area contributed by atoms with Crippen molar-refractivity contribution in [1.29, 1.82) is 0 Å². The molecule has 0 atom stereocenters. The van der Waals surface area contributed by atoms with Crippen LogP contribution >= 0.6 is 0 Å². The van der Waals surface area contributed by atoms with Gasteiger partial charge < -0.3 is 14.2 Å². The van der Waals surface area contributed by atoms with Crippen LogP contribution in [-0.2, 0) is 5.92 Å². The van der Waals surface area contributed by atoms with Crippen LogP contribution in [0.15, 0.2) is 48.5 Å². The molecule has 3 aromatic carbocycles. The van der Waals surface area contributed by atoms with Gasteiger partial charge in [-0.25, -0.2) is 0 Å². The van der Waals surface area contributed by atoms with E-state index in [9.17, 15) is 30.7 Å². The summed E-state index contributed by atoms with van der Waals surface area (Å²) >= 11 is 0. The van der Waals surface area contributed by atoms with Gasteiger partial charge in [-0.15, -0.1) is 0 Å². The van der Waals surface area contributed by atoms with E-state index in [1.807, 2.05) is 0 Å². The van der Waals surface area contributed by atoms with Crippen molar-refractivity contribution in [1.82, 2.24) is 0 Å². The van der Waals surface area contributed by atoms with Gasteiger partial charge in [0.2, 0.25) is 0 Å². The van der Waals surface area contributed by atoms with E-state index in [-0.39, 0.29) is 28.5 Å². The highest BCUT2D eigenvalue weighted by Crippen LogP contribution is 2.53. The molecule has 3 aliphatic rings. The molecule has 162 valence electrons. The zero-order chi connectivity index (χ0) is 22.6. The van der Waals surface area contributed by atoms with Crippen molar-refractivity contribution in [2.24, 2.45) is 0 Å². The number of halogens is 7. The first kappa shape index (κ1) is 19.3. The van der Waals surface area contributed by atoms with E-state index >= 15 is 0 Å². The van der Waals surface area contributed by atoms with Gasteiger partial charge in [0.25, 0.3) is 6.71 Å². The first-order valence-corrected chi connectivity index (χ1v) is 9.31. The lowest BCUT2D eigenvalue weighted by Gasteiger charge is -2.38. The lowest BCUT2D eigenvalue weighted by molar-refractivity contribution is -0.359. The van der Waals surface area contributed by atoms with Crippen LogP contribution in [0, 0.1) is 0 Å². The second-order valence-corrected chi connectivity index (χ2v) is 7.61. The molecule has 0 fully saturated rings. The molecular weight excluding hydrogens is 444 g/mol. The molecule has 0 saturated heterocycles. The Bertz CT molecular complexity index is 1240. The molecule has 0 unspecified atom stereocenters. The average Bonchev–Trinajstić information content (AvgIpc) is 2.72. The quantitative estimate of drug-likeness (QED) is 0.279. The summed E-state index contributed by atoms with van der Waals surface area (Å²) in [6.07, 6.45) is -6.46. The van der Waals surface area contributed by atoms with Crippen LogP contribution < -0.4 is 30.6 Å². The van der Waals surface area contributed by atoms with E-state index in [4.69, 9.17) is 14.2 Å².